The minimum absolute atomic E-state index is 0.168. The summed E-state index contributed by atoms with van der Waals surface area (Å²) in [5, 5.41) is 10.7. The average molecular weight is 240 g/mol. The third kappa shape index (κ3) is 5.31. The van der Waals surface area contributed by atoms with E-state index in [-0.39, 0.29) is 5.82 Å². The van der Waals surface area contributed by atoms with Gasteiger partial charge in [0.1, 0.15) is 5.82 Å². The number of aliphatic carboxylic acids is 1. The van der Waals surface area contributed by atoms with E-state index in [0.717, 1.165) is 38.8 Å². The summed E-state index contributed by atoms with van der Waals surface area (Å²) in [6.07, 6.45) is 0. The van der Waals surface area contributed by atoms with Crippen molar-refractivity contribution < 1.29 is 14.3 Å². The first-order chi connectivity index (χ1) is 8.09. The number of piperazine rings is 1. The van der Waals surface area contributed by atoms with Gasteiger partial charge in [0.05, 0.1) is 0 Å². The van der Waals surface area contributed by atoms with Gasteiger partial charge in [0.2, 0.25) is 0 Å². The molecule has 0 bridgehead atoms. The number of carboxylic acid groups (broad SMARTS) is 1. The highest BCUT2D eigenvalue weighted by Gasteiger charge is 2.09. The molecule has 5 heteroatoms. The molecule has 1 fully saturated rings. The zero-order valence-corrected chi connectivity index (χ0v) is 9.82. The molecule has 0 spiro atoms. The monoisotopic (exact) mass is 240 g/mol. The molecule has 0 amide bonds. The van der Waals surface area contributed by atoms with Gasteiger partial charge in [-0.25, -0.2) is 4.39 Å². The molecule has 1 aromatic rings. The summed E-state index contributed by atoms with van der Waals surface area (Å²) in [5.41, 5.74) is 1.11. The van der Waals surface area contributed by atoms with Gasteiger partial charge in [0.25, 0.3) is 5.97 Å². The Morgan fingerprint density at radius 2 is 1.76 bits per heavy atom. The molecular formula is C12H17FN2O2. The fraction of sp³-hybridized carbons (Fsp3) is 0.417. The lowest BCUT2D eigenvalue weighted by Crippen LogP contribution is -2.43. The standard InChI is InChI=1S/C10H13FN2.C2H4O2/c11-9-1-3-10(4-2-9)13-7-5-12-6-8-13;1-2(3)4/h1-4,12H,5-8H2;1H3,(H,3,4). The maximum Gasteiger partial charge on any atom is 0.300 e. The largest absolute Gasteiger partial charge is 0.481 e. The van der Waals surface area contributed by atoms with E-state index in [1.807, 2.05) is 12.1 Å². The van der Waals surface area contributed by atoms with E-state index in [9.17, 15) is 4.39 Å². The molecule has 0 saturated carbocycles. The van der Waals surface area contributed by atoms with E-state index in [2.05, 4.69) is 10.2 Å². The van der Waals surface area contributed by atoms with Crippen molar-refractivity contribution in [2.24, 2.45) is 0 Å². The Kier molecular flexibility index (Phi) is 5.42. The first kappa shape index (κ1) is 13.4. The molecule has 0 unspecified atom stereocenters. The van der Waals surface area contributed by atoms with E-state index >= 15 is 0 Å². The lowest BCUT2D eigenvalue weighted by Gasteiger charge is -2.29. The zero-order valence-electron chi connectivity index (χ0n) is 9.82. The van der Waals surface area contributed by atoms with Crippen LogP contribution in [0.4, 0.5) is 10.1 Å². The number of nitrogens with one attached hydrogen (secondary N) is 1. The SMILES string of the molecule is CC(=O)O.Fc1ccc(N2CCNCC2)cc1. The fourth-order valence-electron chi connectivity index (χ4n) is 1.57. The predicted octanol–water partition coefficient (Wildman–Crippen LogP) is 1.33. The second-order valence-corrected chi connectivity index (χ2v) is 3.73. The highest BCUT2D eigenvalue weighted by molar-refractivity contribution is 5.62. The number of carboxylic acids is 1. The average Bonchev–Trinajstić information content (AvgIpc) is 2.30. The van der Waals surface area contributed by atoms with Crippen molar-refractivity contribution in [3.63, 3.8) is 0 Å². The third-order valence-electron chi connectivity index (χ3n) is 2.31. The van der Waals surface area contributed by atoms with Crippen molar-refractivity contribution in [2.45, 2.75) is 6.92 Å². The summed E-state index contributed by atoms with van der Waals surface area (Å²) >= 11 is 0. The molecule has 0 aliphatic carbocycles. The predicted molar refractivity (Wildman–Crippen MR) is 64.8 cm³/mol. The van der Waals surface area contributed by atoms with Crippen molar-refractivity contribution >= 4 is 11.7 Å². The molecule has 17 heavy (non-hydrogen) atoms. The van der Waals surface area contributed by atoms with Crippen LogP contribution in [-0.4, -0.2) is 37.3 Å². The summed E-state index contributed by atoms with van der Waals surface area (Å²) in [7, 11) is 0. The van der Waals surface area contributed by atoms with E-state index < -0.39 is 5.97 Å². The maximum atomic E-state index is 12.6. The van der Waals surface area contributed by atoms with Gasteiger partial charge in [-0.15, -0.1) is 0 Å². The van der Waals surface area contributed by atoms with Crippen LogP contribution < -0.4 is 10.2 Å². The van der Waals surface area contributed by atoms with E-state index in [0.29, 0.717) is 0 Å². The minimum Gasteiger partial charge on any atom is -0.481 e. The van der Waals surface area contributed by atoms with Crippen LogP contribution in [-0.2, 0) is 4.79 Å². The van der Waals surface area contributed by atoms with Crippen molar-refractivity contribution in [1.29, 1.82) is 0 Å². The quantitative estimate of drug-likeness (QED) is 0.777. The number of rotatable bonds is 1. The Hall–Kier alpha value is -1.62. The van der Waals surface area contributed by atoms with Crippen molar-refractivity contribution in [1.82, 2.24) is 5.32 Å². The van der Waals surface area contributed by atoms with Gasteiger partial charge >= 0.3 is 0 Å². The molecule has 94 valence electrons. The number of hydrogen-bond acceptors (Lipinski definition) is 3. The lowest BCUT2D eigenvalue weighted by molar-refractivity contribution is -0.134. The van der Waals surface area contributed by atoms with Gasteiger partial charge in [-0.05, 0) is 24.3 Å². The number of anilines is 1. The van der Waals surface area contributed by atoms with Crippen LogP contribution in [0.3, 0.4) is 0 Å². The van der Waals surface area contributed by atoms with Crippen LogP contribution >= 0.6 is 0 Å². The van der Waals surface area contributed by atoms with Crippen LogP contribution in [0, 0.1) is 5.82 Å². The van der Waals surface area contributed by atoms with Gasteiger partial charge in [0, 0.05) is 38.8 Å². The third-order valence-corrected chi connectivity index (χ3v) is 2.31. The Morgan fingerprint density at radius 1 is 1.29 bits per heavy atom. The fourth-order valence-corrected chi connectivity index (χ4v) is 1.57. The summed E-state index contributed by atoms with van der Waals surface area (Å²) in [4.78, 5) is 11.3. The Morgan fingerprint density at radius 3 is 2.24 bits per heavy atom. The van der Waals surface area contributed by atoms with Crippen LogP contribution in [0.5, 0.6) is 0 Å². The highest BCUT2D eigenvalue weighted by Crippen LogP contribution is 2.14. The molecule has 1 heterocycles. The summed E-state index contributed by atoms with van der Waals surface area (Å²) in [6.45, 7) is 5.12. The molecule has 1 saturated heterocycles. The topological polar surface area (TPSA) is 52.6 Å². The van der Waals surface area contributed by atoms with E-state index in [1.54, 1.807) is 0 Å². The molecule has 0 atom stereocenters. The number of benzene rings is 1. The number of nitrogens with zero attached hydrogens (tertiary/aromatic N) is 1. The van der Waals surface area contributed by atoms with Gasteiger partial charge in [-0.3, -0.25) is 4.79 Å². The molecule has 0 radical (unpaired) electrons. The Bertz CT molecular complexity index is 344. The smallest absolute Gasteiger partial charge is 0.300 e. The summed E-state index contributed by atoms with van der Waals surface area (Å²) in [6, 6.07) is 6.69. The van der Waals surface area contributed by atoms with E-state index in [1.165, 1.54) is 12.1 Å². The minimum atomic E-state index is -0.833. The van der Waals surface area contributed by atoms with Crippen LogP contribution in [0.25, 0.3) is 0 Å². The number of carbonyl (C=O) groups is 1. The lowest BCUT2D eigenvalue weighted by atomic mass is 10.2. The maximum absolute atomic E-state index is 12.6. The van der Waals surface area contributed by atoms with Gasteiger partial charge in [0.15, 0.2) is 0 Å². The van der Waals surface area contributed by atoms with E-state index in [4.69, 9.17) is 9.90 Å². The first-order valence-corrected chi connectivity index (χ1v) is 5.50. The summed E-state index contributed by atoms with van der Waals surface area (Å²) < 4.78 is 12.6. The summed E-state index contributed by atoms with van der Waals surface area (Å²) in [5.74, 6) is -1.00. The number of hydrogen-bond donors (Lipinski definition) is 2. The van der Waals surface area contributed by atoms with Gasteiger partial charge in [-0.2, -0.15) is 0 Å². The molecular weight excluding hydrogens is 223 g/mol. The zero-order chi connectivity index (χ0) is 12.7. The molecule has 1 aliphatic rings. The second kappa shape index (κ2) is 6.85. The molecule has 4 nitrogen and oxygen atoms in total. The Labute approximate surface area is 100 Å². The van der Waals surface area contributed by atoms with Gasteiger partial charge < -0.3 is 15.3 Å². The molecule has 1 aliphatic heterocycles. The second-order valence-electron chi connectivity index (χ2n) is 3.73. The van der Waals surface area contributed by atoms with Gasteiger partial charge in [-0.1, -0.05) is 0 Å². The molecule has 0 aromatic heterocycles. The van der Waals surface area contributed by atoms with Crippen LogP contribution in [0.15, 0.2) is 24.3 Å². The Balaban J connectivity index is 0.000000317. The van der Waals surface area contributed by atoms with Crippen molar-refractivity contribution in [3.05, 3.63) is 30.1 Å². The highest BCUT2D eigenvalue weighted by atomic mass is 19.1. The van der Waals surface area contributed by atoms with Crippen LogP contribution in [0.2, 0.25) is 0 Å². The normalized spacial score (nSPS) is 14.8. The van der Waals surface area contributed by atoms with Crippen LogP contribution in [0.1, 0.15) is 6.92 Å². The molecule has 2 rings (SSSR count). The molecule has 1 aromatic carbocycles. The number of halogens is 1. The first-order valence-electron chi connectivity index (χ1n) is 5.50. The molecule has 2 N–H and O–H groups in total. The van der Waals surface area contributed by atoms with Crippen molar-refractivity contribution in [2.75, 3.05) is 31.1 Å². The van der Waals surface area contributed by atoms with Crippen molar-refractivity contribution in [3.8, 4) is 0 Å².